The average Bonchev–Trinajstić information content (AvgIpc) is 2.70. The van der Waals surface area contributed by atoms with Crippen LogP contribution in [-0.2, 0) is 16.6 Å². The molecular weight excluding hydrogens is 421 g/mol. The molecule has 4 rings (SSSR count). The average molecular weight is 434 g/mol. The van der Waals surface area contributed by atoms with Gasteiger partial charge >= 0.3 is 0 Å². The number of benzene rings is 3. The molecule has 3 aromatic carbocycles. The first-order valence-corrected chi connectivity index (χ1v) is 10.1. The lowest BCUT2D eigenvalue weighted by Crippen LogP contribution is -2.24. The van der Waals surface area contributed by atoms with E-state index in [1.807, 2.05) is 4.72 Å². The Hall–Kier alpha value is -3.53. The monoisotopic (exact) mass is 434 g/mol. The number of phenols is 1. The van der Waals surface area contributed by atoms with Gasteiger partial charge in [-0.15, -0.1) is 0 Å². The van der Waals surface area contributed by atoms with E-state index >= 15 is 0 Å². The van der Waals surface area contributed by atoms with E-state index in [1.54, 1.807) is 18.2 Å². The Kier molecular flexibility index (Phi) is 4.65. The summed E-state index contributed by atoms with van der Waals surface area (Å²) in [5.41, 5.74) is -0.328. The highest BCUT2D eigenvalue weighted by molar-refractivity contribution is 7.92. The van der Waals surface area contributed by atoms with Crippen molar-refractivity contribution in [2.75, 3.05) is 4.72 Å². The third kappa shape index (κ3) is 3.35. The van der Waals surface area contributed by atoms with Crippen molar-refractivity contribution in [3.63, 3.8) is 0 Å². The van der Waals surface area contributed by atoms with Gasteiger partial charge in [0.05, 0.1) is 5.69 Å². The molecule has 0 fully saturated rings. The van der Waals surface area contributed by atoms with Crippen molar-refractivity contribution in [1.82, 2.24) is 5.32 Å². The number of sulfonamides is 1. The molecule has 0 saturated carbocycles. The first kappa shape index (κ1) is 19.8. The molecule has 0 spiro atoms. The van der Waals surface area contributed by atoms with Gasteiger partial charge in [0.15, 0.2) is 11.6 Å². The number of aromatic hydroxyl groups is 1. The quantitative estimate of drug-likeness (QED) is 0.505. The number of phenolic OH excluding ortho intramolecular Hbond substituents is 1. The molecule has 0 radical (unpaired) electrons. The van der Waals surface area contributed by atoms with Crippen molar-refractivity contribution >= 4 is 21.6 Å². The minimum atomic E-state index is -4.73. The molecule has 4 bridgehead atoms. The van der Waals surface area contributed by atoms with Crippen molar-refractivity contribution in [1.29, 1.82) is 0 Å². The molecule has 3 N–H and O–H groups in total. The molecule has 0 atom stereocenters. The van der Waals surface area contributed by atoms with Gasteiger partial charge in [-0.05, 0) is 29.3 Å². The number of rotatable bonds is 0. The summed E-state index contributed by atoms with van der Waals surface area (Å²) in [5, 5.41) is 12.4. The largest absolute Gasteiger partial charge is 0.504 e. The maximum absolute atomic E-state index is 14.5. The van der Waals surface area contributed by atoms with Crippen LogP contribution in [0.25, 0.3) is 11.1 Å². The smallest absolute Gasteiger partial charge is 0.265 e. The number of hydrogen-bond donors (Lipinski definition) is 3. The minimum Gasteiger partial charge on any atom is -0.504 e. The van der Waals surface area contributed by atoms with Crippen molar-refractivity contribution in [3.05, 3.63) is 77.1 Å². The van der Waals surface area contributed by atoms with E-state index in [-0.39, 0.29) is 17.7 Å². The molecule has 0 saturated heterocycles. The lowest BCUT2D eigenvalue weighted by molar-refractivity contribution is 0.0950. The summed E-state index contributed by atoms with van der Waals surface area (Å²) in [6.07, 6.45) is 0. The summed E-state index contributed by atoms with van der Waals surface area (Å²) in [7, 11) is -4.73. The topological polar surface area (TPSA) is 95.5 Å². The van der Waals surface area contributed by atoms with Crippen LogP contribution in [0.15, 0.2) is 53.4 Å². The SMILES string of the molecule is O=C1NCc2ccccc2-c2cc(c(F)cc2F)NS(=O)(=O)c2cc1cc(F)c2O. The van der Waals surface area contributed by atoms with Crippen LogP contribution in [0.3, 0.4) is 0 Å². The van der Waals surface area contributed by atoms with Gasteiger partial charge in [-0.2, -0.15) is 0 Å². The lowest BCUT2D eigenvalue weighted by Gasteiger charge is -2.14. The number of anilines is 1. The van der Waals surface area contributed by atoms with E-state index in [1.165, 1.54) is 6.07 Å². The fourth-order valence-corrected chi connectivity index (χ4v) is 4.35. The predicted molar refractivity (Wildman–Crippen MR) is 102 cm³/mol. The molecule has 0 unspecified atom stereocenters. The van der Waals surface area contributed by atoms with E-state index in [4.69, 9.17) is 0 Å². The normalized spacial score (nSPS) is 15.0. The third-order valence-electron chi connectivity index (χ3n) is 4.63. The van der Waals surface area contributed by atoms with Gasteiger partial charge in [-0.3, -0.25) is 9.52 Å². The summed E-state index contributed by atoms with van der Waals surface area (Å²) in [6, 6.07) is 9.29. The molecule has 154 valence electrons. The van der Waals surface area contributed by atoms with Crippen LogP contribution in [0.2, 0.25) is 0 Å². The Morgan fingerprint density at radius 2 is 1.63 bits per heavy atom. The van der Waals surface area contributed by atoms with Gasteiger partial charge in [0, 0.05) is 23.7 Å². The van der Waals surface area contributed by atoms with Crippen LogP contribution in [0.5, 0.6) is 5.75 Å². The Labute approximate surface area is 169 Å². The maximum atomic E-state index is 14.5. The van der Waals surface area contributed by atoms with Gasteiger partial charge in [0.2, 0.25) is 0 Å². The molecule has 10 heteroatoms. The number of nitrogens with one attached hydrogen (secondary N) is 2. The molecule has 1 aliphatic rings. The van der Waals surface area contributed by atoms with Crippen LogP contribution in [0.4, 0.5) is 18.9 Å². The highest BCUT2D eigenvalue weighted by atomic mass is 32.2. The Morgan fingerprint density at radius 3 is 2.40 bits per heavy atom. The second-order valence-electron chi connectivity index (χ2n) is 6.56. The first-order valence-electron chi connectivity index (χ1n) is 8.58. The number of hydrogen-bond acceptors (Lipinski definition) is 4. The summed E-state index contributed by atoms with van der Waals surface area (Å²) in [6.45, 7) is -0.0981. The summed E-state index contributed by atoms with van der Waals surface area (Å²) < 4.78 is 70.3. The number of carbonyl (C=O) groups is 1. The number of halogens is 3. The van der Waals surface area contributed by atoms with Gasteiger partial charge in [-0.1, -0.05) is 24.3 Å². The fraction of sp³-hybridized carbons (Fsp3) is 0.0500. The van der Waals surface area contributed by atoms with Gasteiger partial charge in [-0.25, -0.2) is 21.6 Å². The van der Waals surface area contributed by atoms with Crippen LogP contribution in [0.1, 0.15) is 15.9 Å². The van der Waals surface area contributed by atoms with E-state index < -0.39 is 49.7 Å². The number of amides is 1. The van der Waals surface area contributed by atoms with Crippen LogP contribution < -0.4 is 10.0 Å². The zero-order chi connectivity index (χ0) is 21.6. The van der Waals surface area contributed by atoms with E-state index in [0.29, 0.717) is 23.3 Å². The Bertz CT molecular complexity index is 1310. The van der Waals surface area contributed by atoms with E-state index in [2.05, 4.69) is 5.32 Å². The first-order chi connectivity index (χ1) is 14.2. The van der Waals surface area contributed by atoms with Crippen molar-refractivity contribution in [2.24, 2.45) is 0 Å². The summed E-state index contributed by atoms with van der Waals surface area (Å²) in [5.74, 6) is -5.56. The van der Waals surface area contributed by atoms with Crippen molar-refractivity contribution in [2.45, 2.75) is 11.4 Å². The fourth-order valence-electron chi connectivity index (χ4n) is 3.16. The van der Waals surface area contributed by atoms with Gasteiger partial charge < -0.3 is 10.4 Å². The minimum absolute atomic E-state index is 0.0981. The third-order valence-corrected chi connectivity index (χ3v) is 6.01. The maximum Gasteiger partial charge on any atom is 0.265 e. The molecule has 0 aromatic heterocycles. The standard InChI is InChI=1S/C20H13F3N2O4S/c21-14-8-15(22)17-7-13(14)12-4-2-1-3-10(12)9-24-20(27)11-5-16(23)19(26)18(6-11)30(28,29)25-17/h1-8,25-26H,9H2,(H,24,27). The van der Waals surface area contributed by atoms with Crippen LogP contribution >= 0.6 is 0 Å². The molecule has 6 nitrogen and oxygen atoms in total. The highest BCUT2D eigenvalue weighted by Gasteiger charge is 2.27. The molecular formula is C20H13F3N2O4S. The molecule has 1 aliphatic heterocycles. The zero-order valence-corrected chi connectivity index (χ0v) is 15.9. The zero-order valence-electron chi connectivity index (χ0n) is 15.0. The summed E-state index contributed by atoms with van der Waals surface area (Å²) >= 11 is 0. The lowest BCUT2D eigenvalue weighted by atomic mass is 9.98. The summed E-state index contributed by atoms with van der Waals surface area (Å²) in [4.78, 5) is 11.5. The molecule has 30 heavy (non-hydrogen) atoms. The molecule has 1 amide bonds. The van der Waals surface area contributed by atoms with E-state index in [9.17, 15) is 31.5 Å². The van der Waals surface area contributed by atoms with Crippen LogP contribution in [0, 0.1) is 17.5 Å². The van der Waals surface area contributed by atoms with Gasteiger partial charge in [0.25, 0.3) is 15.9 Å². The van der Waals surface area contributed by atoms with Crippen molar-refractivity contribution < 1.29 is 31.5 Å². The predicted octanol–water partition coefficient (Wildman–Crippen LogP) is 3.52. The number of carbonyl (C=O) groups excluding carboxylic acids is 1. The Morgan fingerprint density at radius 1 is 0.900 bits per heavy atom. The number of fused-ring (bicyclic) bond motifs is 6. The molecule has 3 aromatic rings. The molecule has 1 heterocycles. The van der Waals surface area contributed by atoms with Crippen LogP contribution in [-0.4, -0.2) is 19.4 Å². The molecule has 0 aliphatic carbocycles. The highest BCUT2D eigenvalue weighted by Crippen LogP contribution is 2.34. The van der Waals surface area contributed by atoms with Crippen molar-refractivity contribution in [3.8, 4) is 16.9 Å². The Balaban J connectivity index is 2.01. The van der Waals surface area contributed by atoms with E-state index in [0.717, 1.165) is 12.1 Å². The second kappa shape index (κ2) is 7.06. The second-order valence-corrected chi connectivity index (χ2v) is 8.21. The van der Waals surface area contributed by atoms with Gasteiger partial charge in [0.1, 0.15) is 16.5 Å².